The standard InChI is InChI=1S/C11H13FN2O4/c12-7-5-6(1-3-9(7)15)14-11(18)8(13)2-4-10(16)17/h1,3,5,8,15H,2,4,13H2,(H,14,18)(H,16,17). The van der Waals surface area contributed by atoms with Crippen molar-refractivity contribution in [1.82, 2.24) is 0 Å². The number of aliphatic carboxylic acids is 1. The van der Waals surface area contributed by atoms with E-state index < -0.39 is 29.5 Å². The van der Waals surface area contributed by atoms with Crippen LogP contribution in [-0.4, -0.2) is 28.1 Å². The topological polar surface area (TPSA) is 113 Å². The summed E-state index contributed by atoms with van der Waals surface area (Å²) in [5, 5.41) is 19.7. The second kappa shape index (κ2) is 5.97. The summed E-state index contributed by atoms with van der Waals surface area (Å²) in [4.78, 5) is 21.8. The number of carbonyl (C=O) groups is 2. The molecular formula is C11H13FN2O4. The van der Waals surface area contributed by atoms with Crippen LogP contribution < -0.4 is 11.1 Å². The maximum absolute atomic E-state index is 13.0. The van der Waals surface area contributed by atoms with E-state index in [1.807, 2.05) is 0 Å². The van der Waals surface area contributed by atoms with E-state index in [4.69, 9.17) is 15.9 Å². The van der Waals surface area contributed by atoms with Crippen LogP contribution in [0.25, 0.3) is 0 Å². The Bertz CT molecular complexity index is 464. The smallest absolute Gasteiger partial charge is 0.303 e. The average molecular weight is 256 g/mol. The van der Waals surface area contributed by atoms with Crippen LogP contribution in [0.2, 0.25) is 0 Å². The molecule has 1 atom stereocenters. The predicted octanol–water partition coefficient (Wildman–Crippen LogP) is 0.662. The van der Waals surface area contributed by atoms with E-state index in [0.717, 1.165) is 12.1 Å². The summed E-state index contributed by atoms with van der Waals surface area (Å²) in [7, 11) is 0. The van der Waals surface area contributed by atoms with Crippen LogP contribution >= 0.6 is 0 Å². The van der Waals surface area contributed by atoms with E-state index in [-0.39, 0.29) is 18.5 Å². The van der Waals surface area contributed by atoms with Gasteiger partial charge in [0.15, 0.2) is 11.6 Å². The largest absolute Gasteiger partial charge is 0.505 e. The first kappa shape index (κ1) is 13.9. The molecule has 98 valence electrons. The number of anilines is 1. The fourth-order valence-corrected chi connectivity index (χ4v) is 1.23. The van der Waals surface area contributed by atoms with Crippen molar-refractivity contribution in [2.75, 3.05) is 5.32 Å². The molecule has 1 unspecified atom stereocenters. The lowest BCUT2D eigenvalue weighted by molar-refractivity contribution is -0.137. The number of phenols is 1. The van der Waals surface area contributed by atoms with Crippen molar-refractivity contribution < 1.29 is 24.2 Å². The number of carbonyl (C=O) groups excluding carboxylic acids is 1. The Hall–Kier alpha value is -2.15. The molecule has 0 aliphatic rings. The number of amides is 1. The summed E-state index contributed by atoms with van der Waals surface area (Å²) in [6.07, 6.45) is -0.236. The third-order valence-corrected chi connectivity index (χ3v) is 2.22. The minimum atomic E-state index is -1.05. The Labute approximate surface area is 102 Å². The summed E-state index contributed by atoms with van der Waals surface area (Å²) in [5.74, 6) is -3.05. The lowest BCUT2D eigenvalue weighted by Crippen LogP contribution is -2.36. The van der Waals surface area contributed by atoms with Crippen molar-refractivity contribution in [1.29, 1.82) is 0 Å². The zero-order valence-corrected chi connectivity index (χ0v) is 9.39. The highest BCUT2D eigenvalue weighted by atomic mass is 19.1. The molecule has 18 heavy (non-hydrogen) atoms. The molecule has 5 N–H and O–H groups in total. The maximum Gasteiger partial charge on any atom is 0.303 e. The first-order valence-electron chi connectivity index (χ1n) is 5.17. The summed E-state index contributed by atoms with van der Waals surface area (Å²) in [6.45, 7) is 0. The van der Waals surface area contributed by atoms with E-state index in [2.05, 4.69) is 5.32 Å². The number of benzene rings is 1. The van der Waals surface area contributed by atoms with Gasteiger partial charge in [0.1, 0.15) is 0 Å². The number of hydrogen-bond donors (Lipinski definition) is 4. The van der Waals surface area contributed by atoms with Crippen molar-refractivity contribution >= 4 is 17.6 Å². The van der Waals surface area contributed by atoms with E-state index in [0.29, 0.717) is 0 Å². The minimum Gasteiger partial charge on any atom is -0.505 e. The quantitative estimate of drug-likeness (QED) is 0.578. The molecule has 1 rings (SSSR count). The molecule has 0 saturated carbocycles. The van der Waals surface area contributed by atoms with Crippen LogP contribution in [0, 0.1) is 5.82 Å². The molecule has 6 nitrogen and oxygen atoms in total. The number of carboxylic acid groups (broad SMARTS) is 1. The first-order chi connectivity index (χ1) is 8.40. The van der Waals surface area contributed by atoms with Crippen molar-refractivity contribution in [2.24, 2.45) is 5.73 Å². The Morgan fingerprint density at radius 1 is 1.44 bits per heavy atom. The average Bonchev–Trinajstić information content (AvgIpc) is 2.30. The van der Waals surface area contributed by atoms with Gasteiger partial charge in [0.2, 0.25) is 5.91 Å². The minimum absolute atomic E-state index is 0.0122. The number of halogens is 1. The summed E-state index contributed by atoms with van der Waals surface area (Å²) < 4.78 is 13.0. The summed E-state index contributed by atoms with van der Waals surface area (Å²) >= 11 is 0. The number of rotatable bonds is 5. The number of hydrogen-bond acceptors (Lipinski definition) is 4. The highest BCUT2D eigenvalue weighted by Crippen LogP contribution is 2.19. The van der Waals surface area contributed by atoms with Gasteiger partial charge in [-0.3, -0.25) is 9.59 Å². The second-order valence-corrected chi connectivity index (χ2v) is 3.69. The SMILES string of the molecule is NC(CCC(=O)O)C(=O)Nc1ccc(O)c(F)c1. The van der Waals surface area contributed by atoms with Crippen molar-refractivity contribution in [3.8, 4) is 5.75 Å². The van der Waals surface area contributed by atoms with Gasteiger partial charge in [-0.15, -0.1) is 0 Å². The number of nitrogens with two attached hydrogens (primary N) is 1. The van der Waals surface area contributed by atoms with Gasteiger partial charge in [-0.1, -0.05) is 0 Å². The molecular weight excluding hydrogens is 243 g/mol. The van der Waals surface area contributed by atoms with Gasteiger partial charge in [0.05, 0.1) is 6.04 Å². The third kappa shape index (κ3) is 4.02. The van der Waals surface area contributed by atoms with Gasteiger partial charge in [0.25, 0.3) is 0 Å². The molecule has 1 aromatic carbocycles. The Kier molecular flexibility index (Phi) is 4.61. The monoisotopic (exact) mass is 256 g/mol. The van der Waals surface area contributed by atoms with Gasteiger partial charge >= 0.3 is 5.97 Å². The van der Waals surface area contributed by atoms with E-state index in [9.17, 15) is 14.0 Å². The number of aromatic hydroxyl groups is 1. The fraction of sp³-hybridized carbons (Fsp3) is 0.273. The molecule has 0 saturated heterocycles. The van der Waals surface area contributed by atoms with Crippen LogP contribution in [0.3, 0.4) is 0 Å². The molecule has 0 fully saturated rings. The zero-order chi connectivity index (χ0) is 13.7. The van der Waals surface area contributed by atoms with Gasteiger partial charge < -0.3 is 21.3 Å². The molecule has 0 aliphatic carbocycles. The maximum atomic E-state index is 13.0. The van der Waals surface area contributed by atoms with Crippen LogP contribution in [0.5, 0.6) is 5.75 Å². The number of phenolic OH excluding ortho intramolecular Hbond substituents is 1. The van der Waals surface area contributed by atoms with Crippen molar-refractivity contribution in [3.63, 3.8) is 0 Å². The Morgan fingerprint density at radius 3 is 2.67 bits per heavy atom. The summed E-state index contributed by atoms with van der Waals surface area (Å²) in [5.41, 5.74) is 5.60. The molecule has 0 aliphatic heterocycles. The van der Waals surface area contributed by atoms with Crippen molar-refractivity contribution in [3.05, 3.63) is 24.0 Å². The number of nitrogens with one attached hydrogen (secondary N) is 1. The molecule has 7 heteroatoms. The molecule has 0 spiro atoms. The second-order valence-electron chi connectivity index (χ2n) is 3.69. The van der Waals surface area contributed by atoms with E-state index in [1.54, 1.807) is 0 Å². The molecule has 0 bridgehead atoms. The van der Waals surface area contributed by atoms with E-state index >= 15 is 0 Å². The van der Waals surface area contributed by atoms with Crippen LogP contribution in [0.1, 0.15) is 12.8 Å². The van der Waals surface area contributed by atoms with Crippen LogP contribution in [-0.2, 0) is 9.59 Å². The zero-order valence-electron chi connectivity index (χ0n) is 9.39. The Morgan fingerprint density at radius 2 is 2.11 bits per heavy atom. The highest BCUT2D eigenvalue weighted by molar-refractivity contribution is 5.94. The summed E-state index contributed by atoms with van der Waals surface area (Å²) in [6, 6.07) is 2.35. The molecule has 0 aromatic heterocycles. The van der Waals surface area contributed by atoms with Crippen molar-refractivity contribution in [2.45, 2.75) is 18.9 Å². The first-order valence-corrected chi connectivity index (χ1v) is 5.17. The Balaban J connectivity index is 2.58. The van der Waals surface area contributed by atoms with Crippen LogP contribution in [0.15, 0.2) is 18.2 Å². The van der Waals surface area contributed by atoms with Gasteiger partial charge in [0, 0.05) is 18.2 Å². The molecule has 1 aromatic rings. The normalized spacial score (nSPS) is 11.9. The fourth-order valence-electron chi connectivity index (χ4n) is 1.23. The van der Waals surface area contributed by atoms with Gasteiger partial charge in [-0.2, -0.15) is 0 Å². The molecule has 0 heterocycles. The lowest BCUT2D eigenvalue weighted by atomic mass is 10.1. The van der Waals surface area contributed by atoms with Gasteiger partial charge in [-0.05, 0) is 18.6 Å². The molecule has 1 amide bonds. The number of carboxylic acids is 1. The third-order valence-electron chi connectivity index (χ3n) is 2.22. The van der Waals surface area contributed by atoms with Gasteiger partial charge in [-0.25, -0.2) is 4.39 Å². The van der Waals surface area contributed by atoms with E-state index in [1.165, 1.54) is 6.07 Å². The lowest BCUT2D eigenvalue weighted by Gasteiger charge is -2.11. The predicted molar refractivity (Wildman–Crippen MR) is 61.5 cm³/mol. The highest BCUT2D eigenvalue weighted by Gasteiger charge is 2.15. The molecule has 0 radical (unpaired) electrons. The van der Waals surface area contributed by atoms with Crippen LogP contribution in [0.4, 0.5) is 10.1 Å².